The van der Waals surface area contributed by atoms with Gasteiger partial charge in [0.15, 0.2) is 0 Å². The van der Waals surface area contributed by atoms with E-state index in [9.17, 15) is 9.59 Å². The summed E-state index contributed by atoms with van der Waals surface area (Å²) in [5.41, 5.74) is 5.75. The van der Waals surface area contributed by atoms with Crippen LogP contribution in [0.5, 0.6) is 0 Å². The van der Waals surface area contributed by atoms with Gasteiger partial charge in [-0.3, -0.25) is 0 Å². The van der Waals surface area contributed by atoms with Crippen molar-refractivity contribution in [2.45, 2.75) is 6.92 Å². The zero-order valence-electron chi connectivity index (χ0n) is 9.44. The molecule has 0 bridgehead atoms. The summed E-state index contributed by atoms with van der Waals surface area (Å²) in [7, 11) is 0. The molecule has 0 amide bonds. The SMILES string of the molecule is Cc1cc(C(=O)O)c(C(=O)O)cc1N.[H-].[K+]. The van der Waals surface area contributed by atoms with Crippen LogP contribution in [0.2, 0.25) is 0 Å². The second kappa shape index (κ2) is 5.62. The standard InChI is InChI=1S/C9H9NO4.K.H/c1-4-2-5(8(11)12)6(9(13)14)3-7(4)10;;/h2-3H,10H2,1H3,(H,11,12)(H,13,14);;/q;+1;-1. The van der Waals surface area contributed by atoms with Gasteiger partial charge in [-0.2, -0.15) is 0 Å². The molecule has 0 spiro atoms. The number of carboxylic acids is 2. The van der Waals surface area contributed by atoms with Gasteiger partial charge in [0.05, 0.1) is 11.1 Å². The first-order valence-electron chi connectivity index (χ1n) is 3.80. The summed E-state index contributed by atoms with van der Waals surface area (Å²) >= 11 is 0. The van der Waals surface area contributed by atoms with Gasteiger partial charge < -0.3 is 17.4 Å². The van der Waals surface area contributed by atoms with Gasteiger partial charge in [0.1, 0.15) is 0 Å². The van der Waals surface area contributed by atoms with E-state index in [1.165, 1.54) is 6.07 Å². The van der Waals surface area contributed by atoms with Gasteiger partial charge in [-0.05, 0) is 24.6 Å². The number of carbonyl (C=O) groups is 2. The molecule has 0 aliphatic carbocycles. The summed E-state index contributed by atoms with van der Waals surface area (Å²) in [6, 6.07) is 2.40. The van der Waals surface area contributed by atoms with E-state index < -0.39 is 11.9 Å². The van der Waals surface area contributed by atoms with Crippen LogP contribution in [0, 0.1) is 6.92 Å². The number of hydrogen-bond donors (Lipinski definition) is 3. The van der Waals surface area contributed by atoms with Gasteiger partial charge in [-0.15, -0.1) is 0 Å². The molecule has 0 aliphatic rings. The Bertz CT molecular complexity index is 383. The molecule has 0 aromatic heterocycles. The predicted molar refractivity (Wildman–Crippen MR) is 50.6 cm³/mol. The van der Waals surface area contributed by atoms with Crippen LogP contribution < -0.4 is 57.1 Å². The molecule has 1 aromatic carbocycles. The van der Waals surface area contributed by atoms with Crippen LogP contribution in [0.4, 0.5) is 5.69 Å². The summed E-state index contributed by atoms with van der Waals surface area (Å²) in [4.78, 5) is 21.4. The summed E-state index contributed by atoms with van der Waals surface area (Å²) in [5.74, 6) is -2.57. The zero-order valence-corrected chi connectivity index (χ0v) is 11.6. The fourth-order valence-electron chi connectivity index (χ4n) is 1.08. The summed E-state index contributed by atoms with van der Waals surface area (Å²) in [5, 5.41) is 17.4. The minimum absolute atomic E-state index is 0. The normalized spacial score (nSPS) is 9.13. The Morgan fingerprint density at radius 2 is 1.60 bits per heavy atom. The molecule has 1 aromatic rings. The van der Waals surface area contributed by atoms with E-state index in [1.54, 1.807) is 6.92 Å². The molecule has 5 nitrogen and oxygen atoms in total. The van der Waals surface area contributed by atoms with E-state index in [-0.39, 0.29) is 69.6 Å². The summed E-state index contributed by atoms with van der Waals surface area (Å²) < 4.78 is 0. The van der Waals surface area contributed by atoms with Crippen LogP contribution >= 0.6 is 0 Å². The van der Waals surface area contributed by atoms with Crippen molar-refractivity contribution < 1.29 is 72.6 Å². The Hall–Kier alpha value is -0.404. The summed E-state index contributed by atoms with van der Waals surface area (Å²) in [6.45, 7) is 1.62. The van der Waals surface area contributed by atoms with E-state index in [2.05, 4.69) is 0 Å². The van der Waals surface area contributed by atoms with Crippen molar-refractivity contribution in [1.82, 2.24) is 0 Å². The molecule has 1 rings (SSSR count). The molecule has 0 fully saturated rings. The van der Waals surface area contributed by atoms with Gasteiger partial charge >= 0.3 is 63.3 Å². The van der Waals surface area contributed by atoms with Crippen LogP contribution in [-0.2, 0) is 0 Å². The second-order valence-corrected chi connectivity index (χ2v) is 2.86. The Labute approximate surface area is 130 Å². The molecule has 15 heavy (non-hydrogen) atoms. The third-order valence-electron chi connectivity index (χ3n) is 1.87. The minimum Gasteiger partial charge on any atom is -1.00 e. The minimum atomic E-state index is -1.30. The Kier molecular flexibility index (Phi) is 5.47. The van der Waals surface area contributed by atoms with Crippen LogP contribution in [0.1, 0.15) is 27.7 Å². The molecule has 4 N–H and O–H groups in total. The second-order valence-electron chi connectivity index (χ2n) is 2.86. The van der Waals surface area contributed by atoms with Gasteiger partial charge in [0.25, 0.3) is 0 Å². The number of nitrogen functional groups attached to an aromatic ring is 1. The average molecular weight is 235 g/mol. The Morgan fingerprint density at radius 3 is 2.00 bits per heavy atom. The maximum absolute atomic E-state index is 10.7. The van der Waals surface area contributed by atoms with E-state index >= 15 is 0 Å². The van der Waals surface area contributed by atoms with Crippen molar-refractivity contribution in [3.63, 3.8) is 0 Å². The molecule has 0 radical (unpaired) electrons. The number of anilines is 1. The first kappa shape index (κ1) is 14.6. The number of aryl methyl sites for hydroxylation is 1. The molecule has 0 heterocycles. The Balaban J connectivity index is 0. The number of carboxylic acid groups (broad SMARTS) is 2. The smallest absolute Gasteiger partial charge is 1.00 e. The van der Waals surface area contributed by atoms with E-state index in [1.807, 2.05) is 0 Å². The fourth-order valence-corrected chi connectivity index (χ4v) is 1.08. The average Bonchev–Trinajstić information content (AvgIpc) is 2.08. The first-order valence-corrected chi connectivity index (χ1v) is 3.80. The van der Waals surface area contributed by atoms with Crippen molar-refractivity contribution in [2.24, 2.45) is 0 Å². The van der Waals surface area contributed by atoms with Crippen LogP contribution in [0.15, 0.2) is 12.1 Å². The Morgan fingerprint density at radius 1 is 1.20 bits per heavy atom. The van der Waals surface area contributed by atoms with Crippen molar-refractivity contribution in [3.8, 4) is 0 Å². The topological polar surface area (TPSA) is 101 Å². The van der Waals surface area contributed by atoms with Gasteiger partial charge in [0.2, 0.25) is 0 Å². The van der Waals surface area contributed by atoms with Crippen LogP contribution in [-0.4, -0.2) is 22.2 Å². The van der Waals surface area contributed by atoms with Crippen molar-refractivity contribution in [1.29, 1.82) is 0 Å². The van der Waals surface area contributed by atoms with Crippen LogP contribution in [0.25, 0.3) is 0 Å². The number of benzene rings is 1. The number of aromatic carboxylic acids is 2. The molecule has 0 saturated heterocycles. The molecule has 76 valence electrons. The largest absolute Gasteiger partial charge is 1.00 e. The molecule has 0 aliphatic heterocycles. The van der Waals surface area contributed by atoms with Gasteiger partial charge in [-0.1, -0.05) is 0 Å². The maximum Gasteiger partial charge on any atom is 1.00 e. The van der Waals surface area contributed by atoms with Gasteiger partial charge in [-0.25, -0.2) is 9.59 Å². The fraction of sp³-hybridized carbons (Fsp3) is 0.111. The van der Waals surface area contributed by atoms with Crippen molar-refractivity contribution in [2.75, 3.05) is 5.73 Å². The van der Waals surface area contributed by atoms with E-state index in [0.717, 1.165) is 6.07 Å². The van der Waals surface area contributed by atoms with Gasteiger partial charge in [0, 0.05) is 5.69 Å². The van der Waals surface area contributed by atoms with Crippen molar-refractivity contribution in [3.05, 3.63) is 28.8 Å². The van der Waals surface area contributed by atoms with Crippen LogP contribution in [0.3, 0.4) is 0 Å². The number of rotatable bonds is 2. The predicted octanol–water partition coefficient (Wildman–Crippen LogP) is -1.91. The first-order chi connectivity index (χ1) is 6.43. The number of nitrogens with two attached hydrogens (primary N) is 1. The molecule has 0 unspecified atom stereocenters. The van der Waals surface area contributed by atoms with E-state index in [4.69, 9.17) is 15.9 Å². The number of hydrogen-bond acceptors (Lipinski definition) is 3. The van der Waals surface area contributed by atoms with Crippen molar-refractivity contribution >= 4 is 17.6 Å². The molecule has 0 saturated carbocycles. The monoisotopic (exact) mass is 235 g/mol. The molecular formula is C9H10KNO4. The summed E-state index contributed by atoms with van der Waals surface area (Å²) in [6.07, 6.45) is 0. The molecule has 6 heteroatoms. The molecular weight excluding hydrogens is 225 g/mol. The third-order valence-corrected chi connectivity index (χ3v) is 1.87. The quantitative estimate of drug-likeness (QED) is 0.410. The third kappa shape index (κ3) is 3.28. The zero-order chi connectivity index (χ0) is 10.9. The molecule has 0 atom stereocenters. The maximum atomic E-state index is 10.7. The van der Waals surface area contributed by atoms with E-state index in [0.29, 0.717) is 5.56 Å².